The van der Waals surface area contributed by atoms with Crippen molar-refractivity contribution in [3.8, 4) is 0 Å². The maximum atomic E-state index is 12.7. The van der Waals surface area contributed by atoms with Crippen LogP contribution in [0.4, 0.5) is 5.69 Å². The van der Waals surface area contributed by atoms with Gasteiger partial charge in [-0.25, -0.2) is 0 Å². The molecule has 0 aromatic heterocycles. The number of fused-ring (bicyclic) bond motifs is 1. The lowest BCUT2D eigenvalue weighted by Crippen LogP contribution is -2.38. The van der Waals surface area contributed by atoms with Crippen molar-refractivity contribution in [3.63, 3.8) is 0 Å². The average molecular weight is 302 g/mol. The number of benzene rings is 1. The second-order valence-corrected chi connectivity index (χ2v) is 6.36. The van der Waals surface area contributed by atoms with Crippen LogP contribution >= 0.6 is 11.6 Å². The number of allylic oxidation sites excluding steroid dienone is 2. The summed E-state index contributed by atoms with van der Waals surface area (Å²) in [7, 11) is 0. The van der Waals surface area contributed by atoms with Crippen LogP contribution in [0.5, 0.6) is 0 Å². The standard InChI is InChI=1S/C18H20ClNO/c1-4-13-5-7-15(9-11(13)2)20-17-8-6-14(19)10-16(17)12(3)18(20)21/h5-8,10,12,15H,4,9H2,1-3H3. The van der Waals surface area contributed by atoms with E-state index in [4.69, 9.17) is 11.6 Å². The summed E-state index contributed by atoms with van der Waals surface area (Å²) in [4.78, 5) is 14.6. The summed E-state index contributed by atoms with van der Waals surface area (Å²) in [6, 6.07) is 5.89. The highest BCUT2D eigenvalue weighted by molar-refractivity contribution is 6.31. The van der Waals surface area contributed by atoms with Crippen LogP contribution in [0.1, 0.15) is 45.1 Å². The quantitative estimate of drug-likeness (QED) is 0.765. The number of hydrogen-bond acceptors (Lipinski definition) is 1. The van der Waals surface area contributed by atoms with Crippen molar-refractivity contribution in [3.05, 3.63) is 52.1 Å². The van der Waals surface area contributed by atoms with E-state index >= 15 is 0 Å². The molecular formula is C18H20ClNO. The van der Waals surface area contributed by atoms with Gasteiger partial charge in [-0.1, -0.05) is 36.2 Å². The van der Waals surface area contributed by atoms with E-state index in [2.05, 4.69) is 26.0 Å². The molecule has 2 nitrogen and oxygen atoms in total. The van der Waals surface area contributed by atoms with Gasteiger partial charge in [0.1, 0.15) is 0 Å². The van der Waals surface area contributed by atoms with E-state index < -0.39 is 0 Å². The highest BCUT2D eigenvalue weighted by atomic mass is 35.5. The Balaban J connectivity index is 1.97. The van der Waals surface area contributed by atoms with E-state index in [1.165, 1.54) is 11.1 Å². The third kappa shape index (κ3) is 2.32. The molecule has 1 aromatic rings. The molecule has 1 aliphatic carbocycles. The molecule has 2 unspecified atom stereocenters. The minimum absolute atomic E-state index is 0.107. The molecule has 1 amide bonds. The average Bonchev–Trinajstić information content (AvgIpc) is 2.71. The fourth-order valence-electron chi connectivity index (χ4n) is 3.37. The third-order valence-electron chi connectivity index (χ3n) is 4.62. The normalized spacial score (nSPS) is 24.8. The van der Waals surface area contributed by atoms with Crippen LogP contribution in [-0.2, 0) is 4.79 Å². The van der Waals surface area contributed by atoms with Crippen LogP contribution in [0.25, 0.3) is 0 Å². The van der Waals surface area contributed by atoms with Crippen molar-refractivity contribution in [2.75, 3.05) is 4.90 Å². The van der Waals surface area contributed by atoms with Gasteiger partial charge in [0.25, 0.3) is 0 Å². The molecule has 1 heterocycles. The summed E-state index contributed by atoms with van der Waals surface area (Å²) in [5, 5.41) is 0.693. The van der Waals surface area contributed by atoms with Crippen LogP contribution in [0, 0.1) is 0 Å². The van der Waals surface area contributed by atoms with Gasteiger partial charge in [0.2, 0.25) is 5.91 Å². The molecule has 1 aliphatic heterocycles. The van der Waals surface area contributed by atoms with Crippen LogP contribution in [0.2, 0.25) is 5.02 Å². The summed E-state index contributed by atoms with van der Waals surface area (Å²) >= 11 is 6.08. The molecule has 21 heavy (non-hydrogen) atoms. The van der Waals surface area contributed by atoms with Crippen molar-refractivity contribution in [2.45, 2.75) is 45.6 Å². The smallest absolute Gasteiger partial charge is 0.234 e. The maximum Gasteiger partial charge on any atom is 0.234 e. The number of rotatable bonds is 2. The maximum absolute atomic E-state index is 12.7. The SMILES string of the molecule is CCC1=C(C)CC(N2C(=O)C(C)c3cc(Cl)ccc32)C=C1. The van der Waals surface area contributed by atoms with Gasteiger partial charge in [0.15, 0.2) is 0 Å². The fourth-order valence-corrected chi connectivity index (χ4v) is 3.55. The number of amides is 1. The number of carbonyl (C=O) groups is 1. The van der Waals surface area contributed by atoms with Crippen molar-refractivity contribution in [2.24, 2.45) is 0 Å². The second kappa shape index (κ2) is 5.34. The van der Waals surface area contributed by atoms with Crippen molar-refractivity contribution >= 4 is 23.2 Å². The van der Waals surface area contributed by atoms with Crippen LogP contribution in [0.3, 0.4) is 0 Å². The van der Waals surface area contributed by atoms with Crippen molar-refractivity contribution < 1.29 is 4.79 Å². The molecule has 2 aliphatic rings. The number of anilines is 1. The lowest BCUT2D eigenvalue weighted by Gasteiger charge is -2.30. The molecule has 0 fully saturated rings. The van der Waals surface area contributed by atoms with Gasteiger partial charge in [-0.3, -0.25) is 4.79 Å². The fraction of sp³-hybridized carbons (Fsp3) is 0.389. The number of hydrogen-bond donors (Lipinski definition) is 0. The zero-order chi connectivity index (χ0) is 15.1. The topological polar surface area (TPSA) is 20.3 Å². The predicted molar refractivity (Wildman–Crippen MR) is 87.9 cm³/mol. The Bertz CT molecular complexity index is 659. The van der Waals surface area contributed by atoms with Gasteiger partial charge < -0.3 is 4.90 Å². The molecule has 2 atom stereocenters. The van der Waals surface area contributed by atoms with E-state index in [1.54, 1.807) is 0 Å². The summed E-state index contributed by atoms with van der Waals surface area (Å²) in [5.74, 6) is 0.0682. The van der Waals surface area contributed by atoms with Gasteiger partial charge in [0, 0.05) is 10.7 Å². The zero-order valence-corrected chi connectivity index (χ0v) is 13.4. The molecule has 0 saturated carbocycles. The minimum atomic E-state index is -0.107. The molecule has 0 bridgehead atoms. The lowest BCUT2D eigenvalue weighted by molar-refractivity contribution is -0.119. The van der Waals surface area contributed by atoms with Gasteiger partial charge in [-0.15, -0.1) is 0 Å². The lowest BCUT2D eigenvalue weighted by atomic mass is 9.93. The molecular weight excluding hydrogens is 282 g/mol. The van der Waals surface area contributed by atoms with Gasteiger partial charge in [-0.2, -0.15) is 0 Å². The Morgan fingerprint density at radius 2 is 2.14 bits per heavy atom. The largest absolute Gasteiger partial charge is 0.304 e. The molecule has 3 heteroatoms. The number of carbonyl (C=O) groups excluding carboxylic acids is 1. The predicted octanol–water partition coefficient (Wildman–Crippen LogP) is 4.85. The molecule has 0 saturated heterocycles. The first kappa shape index (κ1) is 14.4. The molecule has 3 rings (SSSR count). The monoisotopic (exact) mass is 301 g/mol. The van der Waals surface area contributed by atoms with Crippen LogP contribution in [-0.4, -0.2) is 11.9 Å². The molecule has 0 radical (unpaired) electrons. The van der Waals surface area contributed by atoms with Gasteiger partial charge in [0.05, 0.1) is 12.0 Å². The van der Waals surface area contributed by atoms with Crippen molar-refractivity contribution in [1.82, 2.24) is 0 Å². The summed E-state index contributed by atoms with van der Waals surface area (Å²) in [6.45, 7) is 6.30. The van der Waals surface area contributed by atoms with E-state index in [0.717, 1.165) is 24.1 Å². The molecule has 0 N–H and O–H groups in total. The summed E-state index contributed by atoms with van der Waals surface area (Å²) in [5.41, 5.74) is 4.83. The third-order valence-corrected chi connectivity index (χ3v) is 4.85. The summed E-state index contributed by atoms with van der Waals surface area (Å²) in [6.07, 6.45) is 6.31. The first-order valence-electron chi connectivity index (χ1n) is 7.52. The summed E-state index contributed by atoms with van der Waals surface area (Å²) < 4.78 is 0. The highest BCUT2D eigenvalue weighted by Crippen LogP contribution is 2.41. The first-order chi connectivity index (χ1) is 10.0. The second-order valence-electron chi connectivity index (χ2n) is 5.92. The Morgan fingerprint density at radius 1 is 1.38 bits per heavy atom. The molecule has 1 aromatic carbocycles. The Labute approximate surface area is 131 Å². The Hall–Kier alpha value is -1.54. The number of halogens is 1. The Morgan fingerprint density at radius 3 is 2.81 bits per heavy atom. The number of nitrogens with zero attached hydrogens (tertiary/aromatic N) is 1. The highest BCUT2D eigenvalue weighted by Gasteiger charge is 2.38. The van der Waals surface area contributed by atoms with E-state index in [0.29, 0.717) is 5.02 Å². The van der Waals surface area contributed by atoms with Crippen LogP contribution in [0.15, 0.2) is 41.5 Å². The van der Waals surface area contributed by atoms with E-state index in [-0.39, 0.29) is 17.9 Å². The minimum Gasteiger partial charge on any atom is -0.304 e. The molecule has 110 valence electrons. The first-order valence-corrected chi connectivity index (χ1v) is 7.90. The van der Waals surface area contributed by atoms with Crippen molar-refractivity contribution in [1.29, 1.82) is 0 Å². The van der Waals surface area contributed by atoms with E-state index in [1.807, 2.05) is 30.0 Å². The van der Waals surface area contributed by atoms with Gasteiger partial charge in [-0.05, 0) is 56.0 Å². The van der Waals surface area contributed by atoms with Gasteiger partial charge >= 0.3 is 0 Å². The zero-order valence-electron chi connectivity index (χ0n) is 12.7. The Kier molecular flexibility index (Phi) is 3.66. The van der Waals surface area contributed by atoms with E-state index in [9.17, 15) is 4.79 Å². The van der Waals surface area contributed by atoms with Crippen LogP contribution < -0.4 is 4.90 Å². The molecule has 0 spiro atoms.